The first-order valence-corrected chi connectivity index (χ1v) is 7.99. The Morgan fingerprint density at radius 3 is 2.80 bits per heavy atom. The van der Waals surface area contributed by atoms with E-state index in [9.17, 15) is 12.8 Å². The van der Waals surface area contributed by atoms with Gasteiger partial charge in [0.25, 0.3) is 0 Å². The van der Waals surface area contributed by atoms with Crippen LogP contribution >= 0.6 is 0 Å². The molecule has 0 saturated carbocycles. The lowest BCUT2D eigenvalue weighted by Crippen LogP contribution is -2.41. The Kier molecular flexibility index (Phi) is 4.31. The van der Waals surface area contributed by atoms with E-state index >= 15 is 0 Å². The summed E-state index contributed by atoms with van der Waals surface area (Å²) in [7, 11) is -3.82. The van der Waals surface area contributed by atoms with Crippen molar-refractivity contribution in [3.8, 4) is 0 Å². The van der Waals surface area contributed by atoms with Crippen molar-refractivity contribution >= 4 is 15.7 Å². The monoisotopic (exact) mass is 302 g/mol. The van der Waals surface area contributed by atoms with Gasteiger partial charge in [-0.15, -0.1) is 0 Å². The van der Waals surface area contributed by atoms with Gasteiger partial charge in [0, 0.05) is 23.9 Å². The zero-order valence-corrected chi connectivity index (χ0v) is 12.3. The van der Waals surface area contributed by atoms with E-state index in [0.29, 0.717) is 6.61 Å². The summed E-state index contributed by atoms with van der Waals surface area (Å²) in [5.74, 6) is -0.629. The zero-order chi connectivity index (χ0) is 14.9. The highest BCUT2D eigenvalue weighted by atomic mass is 32.2. The molecular weight excluding hydrogens is 283 g/mol. The lowest BCUT2D eigenvalue weighted by molar-refractivity contribution is 0.0902. The van der Waals surface area contributed by atoms with Crippen LogP contribution in [0.1, 0.15) is 25.3 Å². The number of nitrogen functional groups attached to an aromatic ring is 1. The van der Waals surface area contributed by atoms with E-state index in [1.807, 2.05) is 0 Å². The zero-order valence-electron chi connectivity index (χ0n) is 11.5. The second-order valence-corrected chi connectivity index (χ2v) is 6.77. The molecule has 1 saturated heterocycles. The minimum atomic E-state index is -3.82. The lowest BCUT2D eigenvalue weighted by atomic mass is 10.1. The topological polar surface area (TPSA) is 81.4 Å². The van der Waals surface area contributed by atoms with E-state index < -0.39 is 15.8 Å². The van der Waals surface area contributed by atoms with Crippen LogP contribution < -0.4 is 10.5 Å². The van der Waals surface area contributed by atoms with Gasteiger partial charge in [0.15, 0.2) is 0 Å². The normalized spacial score (nSPS) is 21.1. The van der Waals surface area contributed by atoms with Crippen molar-refractivity contribution in [3.63, 3.8) is 0 Å². The van der Waals surface area contributed by atoms with Crippen molar-refractivity contribution in [2.75, 3.05) is 12.3 Å². The fourth-order valence-corrected chi connectivity index (χ4v) is 3.89. The molecule has 7 heteroatoms. The third-order valence-corrected chi connectivity index (χ3v) is 5.16. The first-order chi connectivity index (χ1) is 9.31. The molecule has 20 heavy (non-hydrogen) atoms. The Hall–Kier alpha value is -1.18. The lowest BCUT2D eigenvalue weighted by Gasteiger charge is -2.20. The van der Waals surface area contributed by atoms with Crippen LogP contribution in [0.4, 0.5) is 10.1 Å². The maximum Gasteiger partial charge on any atom is 0.241 e. The summed E-state index contributed by atoms with van der Waals surface area (Å²) >= 11 is 0. The highest BCUT2D eigenvalue weighted by Gasteiger charge is 2.28. The largest absolute Gasteiger partial charge is 0.399 e. The van der Waals surface area contributed by atoms with Crippen LogP contribution in [0.5, 0.6) is 0 Å². The summed E-state index contributed by atoms with van der Waals surface area (Å²) in [5.41, 5.74) is 5.66. The van der Waals surface area contributed by atoms with E-state index in [2.05, 4.69) is 4.72 Å². The Bertz CT molecular complexity index is 598. The Labute approximate surface area is 118 Å². The number of hydrogen-bond acceptors (Lipinski definition) is 4. The highest BCUT2D eigenvalue weighted by molar-refractivity contribution is 7.89. The molecule has 1 aromatic rings. The summed E-state index contributed by atoms with van der Waals surface area (Å²) in [6, 6.07) is 2.01. The molecule has 5 nitrogen and oxygen atoms in total. The average Bonchev–Trinajstić information content (AvgIpc) is 2.86. The first-order valence-electron chi connectivity index (χ1n) is 6.51. The van der Waals surface area contributed by atoms with Crippen molar-refractivity contribution in [3.05, 3.63) is 23.5 Å². The molecule has 2 unspecified atom stereocenters. The SMILES string of the molecule is Cc1c(F)cc(N)cc1S(=O)(=O)NC(C)C1CCCO1. The van der Waals surface area contributed by atoms with Crippen molar-refractivity contribution in [1.82, 2.24) is 4.72 Å². The number of rotatable bonds is 4. The molecule has 2 rings (SSSR count). The number of nitrogens with one attached hydrogen (secondary N) is 1. The van der Waals surface area contributed by atoms with Gasteiger partial charge in [-0.3, -0.25) is 0 Å². The van der Waals surface area contributed by atoms with Gasteiger partial charge >= 0.3 is 0 Å². The molecule has 1 aromatic carbocycles. The summed E-state index contributed by atoms with van der Waals surface area (Å²) in [4.78, 5) is -0.125. The maximum absolute atomic E-state index is 13.6. The molecule has 2 atom stereocenters. The van der Waals surface area contributed by atoms with E-state index in [0.717, 1.165) is 18.9 Å². The standard InChI is InChI=1S/C13H19FN2O3S/c1-8-11(14)6-10(15)7-13(8)20(17,18)16-9(2)12-4-3-5-19-12/h6-7,9,12,16H,3-5,15H2,1-2H3. The smallest absolute Gasteiger partial charge is 0.241 e. The van der Waals surface area contributed by atoms with Gasteiger partial charge in [-0.2, -0.15) is 0 Å². The number of sulfonamides is 1. The van der Waals surface area contributed by atoms with E-state index in [1.165, 1.54) is 13.0 Å². The van der Waals surface area contributed by atoms with Crippen molar-refractivity contribution < 1.29 is 17.5 Å². The third-order valence-electron chi connectivity index (χ3n) is 3.47. The minimum Gasteiger partial charge on any atom is -0.399 e. The fraction of sp³-hybridized carbons (Fsp3) is 0.538. The predicted octanol–water partition coefficient (Wildman–Crippen LogP) is 1.56. The van der Waals surface area contributed by atoms with Crippen LogP contribution in [-0.2, 0) is 14.8 Å². The van der Waals surface area contributed by atoms with Gasteiger partial charge in [-0.05, 0) is 38.8 Å². The summed E-state index contributed by atoms with van der Waals surface area (Å²) in [5, 5.41) is 0. The van der Waals surface area contributed by atoms with Crippen LogP contribution in [0.3, 0.4) is 0 Å². The van der Waals surface area contributed by atoms with Crippen LogP contribution in [0, 0.1) is 12.7 Å². The number of anilines is 1. The molecule has 0 amide bonds. The van der Waals surface area contributed by atoms with Crippen molar-refractivity contribution in [2.24, 2.45) is 0 Å². The van der Waals surface area contributed by atoms with Gasteiger partial charge in [-0.1, -0.05) is 0 Å². The Morgan fingerprint density at radius 2 is 2.20 bits per heavy atom. The molecule has 1 aliphatic heterocycles. The van der Waals surface area contributed by atoms with E-state index in [-0.39, 0.29) is 28.3 Å². The second kappa shape index (κ2) is 5.67. The highest BCUT2D eigenvalue weighted by Crippen LogP contribution is 2.23. The molecule has 1 aliphatic rings. The molecule has 0 bridgehead atoms. The Morgan fingerprint density at radius 1 is 1.50 bits per heavy atom. The van der Waals surface area contributed by atoms with E-state index in [4.69, 9.17) is 10.5 Å². The molecular formula is C13H19FN2O3S. The van der Waals surface area contributed by atoms with Gasteiger partial charge < -0.3 is 10.5 Å². The number of nitrogens with two attached hydrogens (primary N) is 1. The number of hydrogen-bond donors (Lipinski definition) is 2. The van der Waals surface area contributed by atoms with Gasteiger partial charge in [0.1, 0.15) is 5.82 Å². The maximum atomic E-state index is 13.6. The second-order valence-electron chi connectivity index (χ2n) is 5.09. The van der Waals surface area contributed by atoms with E-state index in [1.54, 1.807) is 6.92 Å². The number of halogens is 1. The average molecular weight is 302 g/mol. The van der Waals surface area contributed by atoms with Crippen LogP contribution in [0.2, 0.25) is 0 Å². The summed E-state index contributed by atoms with van der Waals surface area (Å²) in [6.07, 6.45) is 1.59. The van der Waals surface area contributed by atoms with Crippen molar-refractivity contribution in [2.45, 2.75) is 43.7 Å². The van der Waals surface area contributed by atoms with Crippen LogP contribution in [0.15, 0.2) is 17.0 Å². The van der Waals surface area contributed by atoms with Gasteiger partial charge in [0.2, 0.25) is 10.0 Å². The first kappa shape index (κ1) is 15.2. The Balaban J connectivity index is 2.26. The van der Waals surface area contributed by atoms with Crippen molar-refractivity contribution in [1.29, 1.82) is 0 Å². The molecule has 3 N–H and O–H groups in total. The third kappa shape index (κ3) is 3.11. The van der Waals surface area contributed by atoms with Crippen LogP contribution in [0.25, 0.3) is 0 Å². The molecule has 1 fully saturated rings. The quantitative estimate of drug-likeness (QED) is 0.827. The summed E-state index contributed by atoms with van der Waals surface area (Å²) in [6.45, 7) is 3.80. The molecule has 0 aliphatic carbocycles. The fourth-order valence-electron chi connectivity index (χ4n) is 2.33. The predicted molar refractivity (Wildman–Crippen MR) is 74.3 cm³/mol. The molecule has 0 radical (unpaired) electrons. The molecule has 0 spiro atoms. The molecule has 0 aromatic heterocycles. The minimum absolute atomic E-state index is 0.0613. The summed E-state index contributed by atoms with van der Waals surface area (Å²) < 4.78 is 46.3. The number of ether oxygens (including phenoxy) is 1. The van der Waals surface area contributed by atoms with Gasteiger partial charge in [0.05, 0.1) is 11.0 Å². The van der Waals surface area contributed by atoms with Gasteiger partial charge in [-0.25, -0.2) is 17.5 Å². The molecule has 1 heterocycles. The number of benzene rings is 1. The van der Waals surface area contributed by atoms with Crippen LogP contribution in [-0.4, -0.2) is 27.2 Å². The molecule has 112 valence electrons.